The molecule has 0 atom stereocenters. The molecule has 0 unspecified atom stereocenters. The first-order chi connectivity index (χ1) is 17.2. The van der Waals surface area contributed by atoms with E-state index in [4.69, 9.17) is 0 Å². The number of rotatable bonds is 7. The van der Waals surface area contributed by atoms with E-state index in [1.54, 1.807) is 11.1 Å². The molecule has 2 radical (unpaired) electrons. The Hall–Kier alpha value is -2.64. The fourth-order valence-corrected chi connectivity index (χ4v) is 8.54. The molecule has 5 rings (SSSR count). The minimum Gasteiger partial charge on any atom is -0.0625 e. The lowest BCUT2D eigenvalue weighted by Gasteiger charge is -2.20. The Balaban J connectivity index is 1.55. The normalized spacial score (nSPS) is 16.4. The van der Waals surface area contributed by atoms with Gasteiger partial charge in [0.15, 0.2) is 0 Å². The SMILES string of the molecule is CC1=C(C)c2cc(CC(C)C)ccc2[C]1[SiH2][C]1C(C)=C(c2ccccc2)c2cc(CC(C)C)ccc21. The molecular formula is C35H40Si. The van der Waals surface area contributed by atoms with Crippen LogP contribution >= 0.6 is 0 Å². The quantitative estimate of drug-likeness (QED) is 0.293. The van der Waals surface area contributed by atoms with E-state index in [1.165, 1.54) is 61.2 Å². The molecule has 0 heterocycles. The largest absolute Gasteiger partial charge is 0.0625 e. The van der Waals surface area contributed by atoms with E-state index in [2.05, 4.69) is 115 Å². The first kappa shape index (κ1) is 25.0. The third kappa shape index (κ3) is 4.59. The first-order valence-corrected chi connectivity index (χ1v) is 15.1. The van der Waals surface area contributed by atoms with Gasteiger partial charge in [-0.05, 0) is 95.5 Å². The highest BCUT2D eigenvalue weighted by Crippen LogP contribution is 2.48. The predicted molar refractivity (Wildman–Crippen MR) is 160 cm³/mol. The van der Waals surface area contributed by atoms with E-state index in [1.807, 2.05) is 0 Å². The molecule has 184 valence electrons. The van der Waals surface area contributed by atoms with E-state index in [0.29, 0.717) is 11.8 Å². The first-order valence-electron chi connectivity index (χ1n) is 13.7. The Morgan fingerprint density at radius 2 is 1.08 bits per heavy atom. The average Bonchev–Trinajstić information content (AvgIpc) is 3.24. The van der Waals surface area contributed by atoms with E-state index < -0.39 is 9.52 Å². The lowest BCUT2D eigenvalue weighted by atomic mass is 9.94. The molecule has 3 aromatic carbocycles. The second kappa shape index (κ2) is 10.0. The van der Waals surface area contributed by atoms with Crippen molar-refractivity contribution in [2.75, 3.05) is 0 Å². The van der Waals surface area contributed by atoms with Crippen molar-refractivity contribution in [3.8, 4) is 0 Å². The molecule has 0 nitrogen and oxygen atoms in total. The van der Waals surface area contributed by atoms with Crippen molar-refractivity contribution in [2.24, 2.45) is 11.8 Å². The van der Waals surface area contributed by atoms with Gasteiger partial charge in [0.25, 0.3) is 0 Å². The topological polar surface area (TPSA) is 0 Å². The van der Waals surface area contributed by atoms with Gasteiger partial charge < -0.3 is 0 Å². The maximum atomic E-state index is 2.49. The van der Waals surface area contributed by atoms with Crippen LogP contribution in [-0.4, -0.2) is 9.52 Å². The smallest absolute Gasteiger partial charge is 0.0575 e. The van der Waals surface area contributed by atoms with Gasteiger partial charge in [-0.3, -0.25) is 0 Å². The van der Waals surface area contributed by atoms with Crippen molar-refractivity contribution in [1.29, 1.82) is 0 Å². The zero-order valence-electron chi connectivity index (χ0n) is 23.1. The van der Waals surface area contributed by atoms with Crippen LogP contribution in [0.5, 0.6) is 0 Å². The van der Waals surface area contributed by atoms with Crippen LogP contribution in [0.3, 0.4) is 0 Å². The van der Waals surface area contributed by atoms with Crippen LogP contribution < -0.4 is 0 Å². The Labute approximate surface area is 221 Å². The Bertz CT molecular complexity index is 1340. The van der Waals surface area contributed by atoms with E-state index >= 15 is 0 Å². The molecule has 0 aliphatic heterocycles. The molecule has 0 aromatic heterocycles. The molecule has 3 aromatic rings. The van der Waals surface area contributed by atoms with Crippen LogP contribution in [0.15, 0.2) is 77.9 Å². The van der Waals surface area contributed by atoms with Crippen LogP contribution in [0.2, 0.25) is 0 Å². The van der Waals surface area contributed by atoms with Crippen molar-refractivity contribution >= 4 is 20.7 Å². The highest BCUT2D eigenvalue weighted by molar-refractivity contribution is 6.57. The number of benzene rings is 3. The monoisotopic (exact) mass is 488 g/mol. The van der Waals surface area contributed by atoms with Gasteiger partial charge in [-0.15, -0.1) is 0 Å². The summed E-state index contributed by atoms with van der Waals surface area (Å²) < 4.78 is 0. The summed E-state index contributed by atoms with van der Waals surface area (Å²) in [5.74, 6) is 1.34. The average molecular weight is 489 g/mol. The Morgan fingerprint density at radius 1 is 0.556 bits per heavy atom. The van der Waals surface area contributed by atoms with Crippen LogP contribution in [0.25, 0.3) is 11.1 Å². The molecule has 0 amide bonds. The molecule has 0 saturated carbocycles. The lowest BCUT2D eigenvalue weighted by Crippen LogP contribution is -2.18. The third-order valence-electron chi connectivity index (χ3n) is 8.04. The van der Waals surface area contributed by atoms with Crippen molar-refractivity contribution in [2.45, 2.75) is 61.3 Å². The molecule has 0 fully saturated rings. The number of allylic oxidation sites excluding steroid dienone is 3. The van der Waals surface area contributed by atoms with E-state index in [9.17, 15) is 0 Å². The predicted octanol–water partition coefficient (Wildman–Crippen LogP) is 8.36. The minimum absolute atomic E-state index is 0.662. The Morgan fingerprint density at radius 3 is 1.67 bits per heavy atom. The van der Waals surface area contributed by atoms with Gasteiger partial charge in [-0.1, -0.05) is 106 Å². The highest BCUT2D eigenvalue weighted by atomic mass is 28.2. The van der Waals surface area contributed by atoms with Crippen molar-refractivity contribution in [3.05, 3.63) is 128 Å². The van der Waals surface area contributed by atoms with Gasteiger partial charge in [0.1, 0.15) is 0 Å². The summed E-state index contributed by atoms with van der Waals surface area (Å²) in [6, 6.07) is 25.6. The van der Waals surface area contributed by atoms with Crippen molar-refractivity contribution < 1.29 is 0 Å². The van der Waals surface area contributed by atoms with Crippen molar-refractivity contribution in [1.82, 2.24) is 0 Å². The fourth-order valence-electron chi connectivity index (χ4n) is 6.22. The van der Waals surface area contributed by atoms with Gasteiger partial charge in [0.2, 0.25) is 0 Å². The fraction of sp³-hybridized carbons (Fsp3) is 0.314. The molecule has 0 saturated heterocycles. The molecule has 0 spiro atoms. The summed E-state index contributed by atoms with van der Waals surface area (Å²) in [7, 11) is -0.667. The second-order valence-corrected chi connectivity index (χ2v) is 13.5. The summed E-state index contributed by atoms with van der Waals surface area (Å²) in [4.78, 5) is 0. The van der Waals surface area contributed by atoms with Crippen molar-refractivity contribution in [3.63, 3.8) is 0 Å². The number of fused-ring (bicyclic) bond motifs is 2. The standard InChI is InChI=1S/C35H40Si/c1-21(2)17-26-13-15-29-31(19-26)23(5)24(6)34(29)36-35-25(7)33(28-11-9-8-10-12-28)32-20-27(18-22(3)4)14-16-30(32)35/h8-16,19-22H,17-18,36H2,1-7H3. The van der Waals surface area contributed by atoms with Crippen LogP contribution in [0.1, 0.15) is 87.4 Å². The van der Waals surface area contributed by atoms with Gasteiger partial charge in [-0.25, -0.2) is 0 Å². The summed E-state index contributed by atoms with van der Waals surface area (Å²) in [5.41, 5.74) is 19.4. The molecule has 2 aliphatic carbocycles. The third-order valence-corrected chi connectivity index (χ3v) is 10.6. The molecule has 36 heavy (non-hydrogen) atoms. The summed E-state index contributed by atoms with van der Waals surface area (Å²) in [6.07, 6.45) is 2.28. The maximum Gasteiger partial charge on any atom is 0.0575 e. The molecule has 0 N–H and O–H groups in total. The van der Waals surface area contributed by atoms with Crippen LogP contribution in [0.4, 0.5) is 0 Å². The second-order valence-electron chi connectivity index (χ2n) is 11.7. The maximum absolute atomic E-state index is 2.49. The zero-order valence-corrected chi connectivity index (χ0v) is 24.5. The summed E-state index contributed by atoms with van der Waals surface area (Å²) >= 11 is 0. The molecule has 0 bridgehead atoms. The van der Waals surface area contributed by atoms with Gasteiger partial charge in [-0.2, -0.15) is 0 Å². The Kier molecular flexibility index (Phi) is 6.96. The molecular weight excluding hydrogens is 448 g/mol. The van der Waals surface area contributed by atoms with Gasteiger partial charge in [0, 0.05) is 11.1 Å². The van der Waals surface area contributed by atoms with Crippen LogP contribution in [-0.2, 0) is 12.8 Å². The molecule has 2 aliphatic rings. The van der Waals surface area contributed by atoms with Gasteiger partial charge in [0.05, 0.1) is 9.52 Å². The van der Waals surface area contributed by atoms with Gasteiger partial charge >= 0.3 is 0 Å². The number of hydrogen-bond acceptors (Lipinski definition) is 0. The highest BCUT2D eigenvalue weighted by Gasteiger charge is 2.36. The minimum atomic E-state index is -0.667. The lowest BCUT2D eigenvalue weighted by molar-refractivity contribution is 0.647. The zero-order chi connectivity index (χ0) is 25.6. The van der Waals surface area contributed by atoms with E-state index in [-0.39, 0.29) is 0 Å². The summed E-state index contributed by atoms with van der Waals surface area (Å²) in [5, 5.41) is 0. The molecule has 1 heteroatoms. The van der Waals surface area contributed by atoms with Crippen LogP contribution in [0, 0.1) is 22.9 Å². The van der Waals surface area contributed by atoms with E-state index in [0.717, 1.165) is 12.8 Å². The number of hydrogen-bond donors (Lipinski definition) is 0. The summed E-state index contributed by atoms with van der Waals surface area (Å²) in [6.45, 7) is 16.3.